The van der Waals surface area contributed by atoms with E-state index in [1.807, 2.05) is 0 Å². The Labute approximate surface area is 123 Å². The van der Waals surface area contributed by atoms with E-state index in [0.717, 1.165) is 36.9 Å². The molecule has 5 nitrogen and oxygen atoms in total. The molecule has 2 aromatic rings. The summed E-state index contributed by atoms with van der Waals surface area (Å²) in [6, 6.07) is 0.417. The molecular weight excluding hydrogens is 272 g/mol. The van der Waals surface area contributed by atoms with E-state index in [1.165, 1.54) is 5.69 Å². The minimum absolute atomic E-state index is 0.270. The molecule has 1 aliphatic heterocycles. The molecule has 2 unspecified atom stereocenters. The van der Waals surface area contributed by atoms with Gasteiger partial charge in [-0.05, 0) is 19.9 Å². The summed E-state index contributed by atoms with van der Waals surface area (Å²) in [5.74, 6) is 1.08. The molecule has 0 aromatic carbocycles. The van der Waals surface area contributed by atoms with Crippen LogP contribution in [0, 0.1) is 0 Å². The highest BCUT2D eigenvalue weighted by molar-refractivity contribution is 7.15. The molecule has 1 N–H and O–H groups in total. The third-order valence-electron chi connectivity index (χ3n) is 4.05. The summed E-state index contributed by atoms with van der Waals surface area (Å²) in [6.07, 6.45) is 3.45. The predicted octanol–water partition coefficient (Wildman–Crippen LogP) is 2.12. The van der Waals surface area contributed by atoms with Crippen LogP contribution in [0.1, 0.15) is 26.0 Å². The monoisotopic (exact) mass is 294 g/mol. The number of aromatic nitrogens is 2. The number of ether oxygens (including phenoxy) is 1. The average molecular weight is 294 g/mol. The van der Waals surface area contributed by atoms with E-state index in [-0.39, 0.29) is 6.10 Å². The van der Waals surface area contributed by atoms with Crippen LogP contribution in [-0.2, 0) is 11.3 Å². The Morgan fingerprint density at radius 1 is 1.60 bits per heavy atom. The first-order valence-corrected chi connectivity index (χ1v) is 8.10. The van der Waals surface area contributed by atoms with Gasteiger partial charge in [0.15, 0.2) is 10.8 Å². The number of rotatable bonds is 5. The van der Waals surface area contributed by atoms with Gasteiger partial charge in [-0.2, -0.15) is 0 Å². The van der Waals surface area contributed by atoms with Crippen molar-refractivity contribution in [3.63, 3.8) is 0 Å². The number of nitrogens with one attached hydrogen (secondary N) is 1. The standard InChI is InChI=1S/C14H22N4OS/c1-4-15-9-12-13(16-14-18(12)6-8-20-14)17(3)11-5-7-19-10(11)2/h6,8,10-11,15H,4-5,7,9H2,1-3H3. The molecule has 1 saturated heterocycles. The number of hydrogen-bond donors (Lipinski definition) is 1. The Kier molecular flexibility index (Phi) is 3.96. The largest absolute Gasteiger partial charge is 0.376 e. The number of hydrogen-bond acceptors (Lipinski definition) is 5. The number of nitrogens with zero attached hydrogens (tertiary/aromatic N) is 3. The Morgan fingerprint density at radius 3 is 3.15 bits per heavy atom. The van der Waals surface area contributed by atoms with Crippen molar-refractivity contribution >= 4 is 22.1 Å². The summed E-state index contributed by atoms with van der Waals surface area (Å²) < 4.78 is 7.89. The van der Waals surface area contributed by atoms with Gasteiger partial charge in [-0.3, -0.25) is 4.40 Å². The van der Waals surface area contributed by atoms with Crippen LogP contribution in [0.25, 0.3) is 4.96 Å². The summed E-state index contributed by atoms with van der Waals surface area (Å²) in [7, 11) is 2.14. The fourth-order valence-corrected chi connectivity index (χ4v) is 3.63. The molecular formula is C14H22N4OS. The molecule has 0 bridgehead atoms. The molecule has 2 atom stereocenters. The molecule has 0 amide bonds. The molecule has 3 rings (SSSR count). The van der Waals surface area contributed by atoms with Crippen molar-refractivity contribution < 1.29 is 4.74 Å². The maximum atomic E-state index is 5.70. The zero-order chi connectivity index (χ0) is 14.1. The first-order chi connectivity index (χ1) is 9.72. The number of fused-ring (bicyclic) bond motifs is 1. The predicted molar refractivity (Wildman–Crippen MR) is 82.7 cm³/mol. The van der Waals surface area contributed by atoms with Gasteiger partial charge in [-0.25, -0.2) is 4.98 Å². The van der Waals surface area contributed by atoms with E-state index < -0.39 is 0 Å². The van der Waals surface area contributed by atoms with Crippen molar-refractivity contribution in [1.29, 1.82) is 0 Å². The van der Waals surface area contributed by atoms with Crippen LogP contribution in [0.3, 0.4) is 0 Å². The zero-order valence-corrected chi connectivity index (χ0v) is 13.1. The Bertz CT molecular complexity index is 579. The molecule has 20 heavy (non-hydrogen) atoms. The molecule has 110 valence electrons. The number of imidazole rings is 1. The topological polar surface area (TPSA) is 41.8 Å². The first kappa shape index (κ1) is 13.9. The van der Waals surface area contributed by atoms with Gasteiger partial charge in [0.1, 0.15) is 0 Å². The molecule has 6 heteroatoms. The van der Waals surface area contributed by atoms with Gasteiger partial charge >= 0.3 is 0 Å². The van der Waals surface area contributed by atoms with Crippen LogP contribution in [-0.4, -0.2) is 41.7 Å². The van der Waals surface area contributed by atoms with Gasteiger partial charge in [0.25, 0.3) is 0 Å². The summed E-state index contributed by atoms with van der Waals surface area (Å²) in [5, 5.41) is 5.50. The summed E-state index contributed by atoms with van der Waals surface area (Å²) >= 11 is 1.68. The smallest absolute Gasteiger partial charge is 0.195 e. The Hall–Kier alpha value is -1.11. The molecule has 0 aliphatic carbocycles. The van der Waals surface area contributed by atoms with Crippen molar-refractivity contribution in [2.45, 2.75) is 39.0 Å². The van der Waals surface area contributed by atoms with E-state index in [2.05, 4.69) is 47.1 Å². The van der Waals surface area contributed by atoms with E-state index >= 15 is 0 Å². The van der Waals surface area contributed by atoms with Crippen LogP contribution in [0.2, 0.25) is 0 Å². The molecule has 0 saturated carbocycles. The van der Waals surface area contributed by atoms with Gasteiger partial charge in [-0.15, -0.1) is 11.3 Å². The molecule has 1 aliphatic rings. The number of thiazole rings is 1. The van der Waals surface area contributed by atoms with Crippen LogP contribution < -0.4 is 10.2 Å². The highest BCUT2D eigenvalue weighted by Gasteiger charge is 2.30. The van der Waals surface area contributed by atoms with E-state index in [9.17, 15) is 0 Å². The van der Waals surface area contributed by atoms with E-state index in [0.29, 0.717) is 6.04 Å². The number of anilines is 1. The lowest BCUT2D eigenvalue weighted by Crippen LogP contribution is -2.37. The number of likely N-dealkylation sites (N-methyl/N-ethyl adjacent to an activating group) is 1. The van der Waals surface area contributed by atoms with Crippen LogP contribution in [0.5, 0.6) is 0 Å². The fourth-order valence-electron chi connectivity index (χ4n) is 2.90. The van der Waals surface area contributed by atoms with Crippen molar-refractivity contribution in [2.75, 3.05) is 25.1 Å². The second kappa shape index (κ2) is 5.71. The van der Waals surface area contributed by atoms with Gasteiger partial charge in [0, 0.05) is 31.8 Å². The summed E-state index contributed by atoms with van der Waals surface area (Å²) in [6.45, 7) is 6.93. The lowest BCUT2D eigenvalue weighted by Gasteiger charge is -2.27. The van der Waals surface area contributed by atoms with Crippen molar-refractivity contribution in [2.24, 2.45) is 0 Å². The molecule has 2 aromatic heterocycles. The zero-order valence-electron chi connectivity index (χ0n) is 12.3. The highest BCUT2D eigenvalue weighted by Crippen LogP contribution is 2.29. The van der Waals surface area contributed by atoms with Crippen LogP contribution in [0.15, 0.2) is 11.6 Å². The Balaban J connectivity index is 1.94. The molecule has 0 spiro atoms. The SMILES string of the molecule is CCNCc1c(N(C)C2CCOC2C)nc2sccn12. The van der Waals surface area contributed by atoms with Crippen LogP contribution in [0.4, 0.5) is 5.82 Å². The minimum Gasteiger partial charge on any atom is -0.376 e. The summed E-state index contributed by atoms with van der Waals surface area (Å²) in [4.78, 5) is 8.17. The van der Waals surface area contributed by atoms with Crippen molar-refractivity contribution in [3.8, 4) is 0 Å². The fraction of sp³-hybridized carbons (Fsp3) is 0.643. The molecule has 0 radical (unpaired) electrons. The second-order valence-electron chi connectivity index (χ2n) is 5.26. The van der Waals surface area contributed by atoms with Gasteiger partial charge in [0.2, 0.25) is 0 Å². The maximum absolute atomic E-state index is 5.70. The third kappa shape index (κ3) is 2.32. The quantitative estimate of drug-likeness (QED) is 0.917. The van der Waals surface area contributed by atoms with Gasteiger partial charge in [-0.1, -0.05) is 6.92 Å². The average Bonchev–Trinajstić information content (AvgIpc) is 3.11. The highest BCUT2D eigenvalue weighted by atomic mass is 32.1. The summed E-state index contributed by atoms with van der Waals surface area (Å²) in [5.41, 5.74) is 1.24. The maximum Gasteiger partial charge on any atom is 0.195 e. The van der Waals surface area contributed by atoms with Gasteiger partial charge < -0.3 is 15.0 Å². The first-order valence-electron chi connectivity index (χ1n) is 7.22. The Morgan fingerprint density at radius 2 is 2.45 bits per heavy atom. The van der Waals surface area contributed by atoms with E-state index in [1.54, 1.807) is 11.3 Å². The van der Waals surface area contributed by atoms with E-state index in [4.69, 9.17) is 9.72 Å². The lowest BCUT2D eigenvalue weighted by molar-refractivity contribution is 0.118. The normalized spacial score (nSPS) is 22.8. The molecule has 1 fully saturated rings. The van der Waals surface area contributed by atoms with Gasteiger partial charge in [0.05, 0.1) is 17.8 Å². The lowest BCUT2D eigenvalue weighted by atomic mass is 10.1. The third-order valence-corrected chi connectivity index (χ3v) is 4.81. The minimum atomic E-state index is 0.270. The van der Waals surface area contributed by atoms with Crippen molar-refractivity contribution in [3.05, 3.63) is 17.3 Å². The van der Waals surface area contributed by atoms with Crippen molar-refractivity contribution in [1.82, 2.24) is 14.7 Å². The second-order valence-corrected chi connectivity index (χ2v) is 6.13. The van der Waals surface area contributed by atoms with Crippen LogP contribution >= 0.6 is 11.3 Å². The molecule has 3 heterocycles.